The van der Waals surface area contributed by atoms with Crippen LogP contribution in [0.1, 0.15) is 12.1 Å². The predicted molar refractivity (Wildman–Crippen MR) is 80.6 cm³/mol. The highest BCUT2D eigenvalue weighted by atomic mass is 32.1. The molecule has 3 rings (SSSR count). The molecule has 2 aromatic rings. The number of carboxylic acid groups (broad SMARTS) is 1. The summed E-state index contributed by atoms with van der Waals surface area (Å²) in [6.45, 7) is -0.747. The van der Waals surface area contributed by atoms with Gasteiger partial charge < -0.3 is 10.0 Å². The number of fused-ring (bicyclic) bond motifs is 1. The van der Waals surface area contributed by atoms with Crippen LogP contribution in [-0.2, 0) is 16.0 Å². The zero-order chi connectivity index (χ0) is 15.7. The monoisotopic (exact) mass is 322 g/mol. The van der Waals surface area contributed by atoms with E-state index in [4.69, 9.17) is 0 Å². The first kappa shape index (κ1) is 14.9. The largest absolute Gasteiger partial charge is 0.481 e. The van der Waals surface area contributed by atoms with Gasteiger partial charge in [0.15, 0.2) is 0 Å². The molecule has 0 saturated carbocycles. The van der Waals surface area contributed by atoms with Gasteiger partial charge in [0.1, 0.15) is 12.1 Å². The first-order chi connectivity index (χ1) is 10.6. The van der Waals surface area contributed by atoms with Crippen LogP contribution >= 0.6 is 11.5 Å². The van der Waals surface area contributed by atoms with E-state index < -0.39 is 18.1 Å². The van der Waals surface area contributed by atoms with Crippen molar-refractivity contribution in [3.05, 3.63) is 30.0 Å². The predicted octanol–water partition coefficient (Wildman–Crippen LogP) is 2.11. The molecule has 2 heterocycles. The average molecular weight is 322 g/mol. The van der Waals surface area contributed by atoms with Crippen molar-refractivity contribution in [2.75, 3.05) is 19.8 Å². The van der Waals surface area contributed by atoms with Crippen LogP contribution in [0.3, 0.4) is 0 Å². The maximum Gasteiger partial charge on any atom is 0.314 e. The molecular formula is C15H15FN2O3S. The summed E-state index contributed by atoms with van der Waals surface area (Å²) in [6.07, 6.45) is 0.272. The molecule has 0 radical (unpaired) electrons. The van der Waals surface area contributed by atoms with Gasteiger partial charge in [0.05, 0.1) is 16.8 Å². The normalized spacial score (nSPS) is 21.4. The van der Waals surface area contributed by atoms with E-state index >= 15 is 0 Å². The van der Waals surface area contributed by atoms with Gasteiger partial charge in [-0.05, 0) is 24.0 Å². The second-order valence-electron chi connectivity index (χ2n) is 5.59. The van der Waals surface area contributed by atoms with E-state index in [1.54, 1.807) is 0 Å². The molecule has 1 aliphatic rings. The quantitative estimate of drug-likeness (QED) is 0.936. The van der Waals surface area contributed by atoms with Gasteiger partial charge in [0.25, 0.3) is 0 Å². The molecule has 1 aromatic heterocycles. The van der Waals surface area contributed by atoms with Crippen molar-refractivity contribution in [1.82, 2.24) is 9.27 Å². The van der Waals surface area contributed by atoms with Crippen LogP contribution < -0.4 is 0 Å². The zero-order valence-corrected chi connectivity index (χ0v) is 12.6. The first-order valence-corrected chi connectivity index (χ1v) is 7.73. The molecule has 5 nitrogen and oxygen atoms in total. The summed E-state index contributed by atoms with van der Waals surface area (Å²) < 4.78 is 18.4. The molecule has 1 unspecified atom stereocenters. The van der Waals surface area contributed by atoms with Crippen LogP contribution in [0.5, 0.6) is 0 Å². The maximum absolute atomic E-state index is 13.1. The third-order valence-electron chi connectivity index (χ3n) is 4.19. The van der Waals surface area contributed by atoms with E-state index in [0.29, 0.717) is 5.69 Å². The van der Waals surface area contributed by atoms with Gasteiger partial charge in [0, 0.05) is 18.5 Å². The number of benzene rings is 1. The second-order valence-corrected chi connectivity index (χ2v) is 6.39. The lowest BCUT2D eigenvalue weighted by Crippen LogP contribution is -2.39. The number of aromatic nitrogens is 1. The number of hydrogen-bond acceptors (Lipinski definition) is 4. The molecule has 0 bridgehead atoms. The number of alkyl halides is 1. The summed E-state index contributed by atoms with van der Waals surface area (Å²) in [7, 11) is 0. The fraction of sp³-hybridized carbons (Fsp3) is 0.400. The Labute approximate surface area is 130 Å². The van der Waals surface area contributed by atoms with Crippen LogP contribution in [0.2, 0.25) is 0 Å². The van der Waals surface area contributed by atoms with Gasteiger partial charge in [-0.25, -0.2) is 4.39 Å². The molecule has 1 fully saturated rings. The Morgan fingerprint density at radius 1 is 1.41 bits per heavy atom. The highest BCUT2D eigenvalue weighted by Crippen LogP contribution is 2.32. The van der Waals surface area contributed by atoms with Crippen LogP contribution in [0.25, 0.3) is 10.1 Å². The molecule has 22 heavy (non-hydrogen) atoms. The molecule has 1 aromatic carbocycles. The fourth-order valence-electron chi connectivity index (χ4n) is 2.75. The van der Waals surface area contributed by atoms with E-state index in [1.807, 2.05) is 24.3 Å². The number of halogens is 1. The number of nitrogens with zero attached hydrogens (tertiary/aromatic N) is 2. The van der Waals surface area contributed by atoms with E-state index in [1.165, 1.54) is 16.4 Å². The molecule has 116 valence electrons. The highest BCUT2D eigenvalue weighted by Gasteiger charge is 2.46. The molecule has 1 saturated heterocycles. The van der Waals surface area contributed by atoms with E-state index in [-0.39, 0.29) is 31.8 Å². The number of hydrogen-bond donors (Lipinski definition) is 1. The number of carbonyl (C=O) groups is 2. The molecule has 1 N–H and O–H groups in total. The smallest absolute Gasteiger partial charge is 0.314 e. The van der Waals surface area contributed by atoms with Crippen molar-refractivity contribution in [3.8, 4) is 0 Å². The van der Waals surface area contributed by atoms with Gasteiger partial charge in [0.2, 0.25) is 5.91 Å². The van der Waals surface area contributed by atoms with Crippen molar-refractivity contribution in [2.45, 2.75) is 12.8 Å². The highest BCUT2D eigenvalue weighted by molar-refractivity contribution is 7.13. The zero-order valence-electron chi connectivity index (χ0n) is 11.8. The summed E-state index contributed by atoms with van der Waals surface area (Å²) >= 11 is 1.33. The third kappa shape index (κ3) is 2.45. The summed E-state index contributed by atoms with van der Waals surface area (Å²) in [6, 6.07) is 7.65. The third-order valence-corrected chi connectivity index (χ3v) is 5.05. The summed E-state index contributed by atoms with van der Waals surface area (Å²) in [5.41, 5.74) is -0.751. The van der Waals surface area contributed by atoms with Gasteiger partial charge in [-0.3, -0.25) is 9.59 Å². The SMILES string of the molecule is O=C(Cc1nsc2ccccc12)N1CCC(CF)(C(=O)O)C1. The standard InChI is InChI=1S/C15H15FN2O3S/c16-8-15(14(20)21)5-6-18(9-15)13(19)7-11-10-3-1-2-4-12(10)22-17-11/h1-4H,5-9H2,(H,20,21). The number of carboxylic acids is 1. The average Bonchev–Trinajstić information content (AvgIpc) is 3.13. The Morgan fingerprint density at radius 3 is 2.86 bits per heavy atom. The Balaban J connectivity index is 1.75. The molecule has 1 atom stereocenters. The summed E-state index contributed by atoms with van der Waals surface area (Å²) in [5.74, 6) is -1.38. The lowest BCUT2D eigenvalue weighted by molar-refractivity contribution is -0.149. The van der Waals surface area contributed by atoms with Crippen molar-refractivity contribution in [2.24, 2.45) is 5.41 Å². The van der Waals surface area contributed by atoms with Crippen molar-refractivity contribution >= 4 is 33.5 Å². The minimum atomic E-state index is -1.44. The number of amides is 1. The molecule has 1 amide bonds. The Bertz CT molecular complexity index is 732. The van der Waals surface area contributed by atoms with Gasteiger partial charge >= 0.3 is 5.97 Å². The Hall–Kier alpha value is -2.02. The Kier molecular flexibility index (Phi) is 3.82. The molecule has 0 spiro atoms. The van der Waals surface area contributed by atoms with Crippen molar-refractivity contribution in [3.63, 3.8) is 0 Å². The van der Waals surface area contributed by atoms with Crippen LogP contribution in [-0.4, -0.2) is 46.0 Å². The fourth-order valence-corrected chi connectivity index (χ4v) is 3.54. The number of aliphatic carboxylic acids is 1. The Morgan fingerprint density at radius 2 is 2.18 bits per heavy atom. The first-order valence-electron chi connectivity index (χ1n) is 6.96. The van der Waals surface area contributed by atoms with Crippen LogP contribution in [0.4, 0.5) is 4.39 Å². The molecule has 7 heteroatoms. The van der Waals surface area contributed by atoms with E-state index in [9.17, 15) is 19.1 Å². The summed E-state index contributed by atoms with van der Waals surface area (Å²) in [4.78, 5) is 25.0. The molecule has 1 aliphatic heterocycles. The van der Waals surface area contributed by atoms with Crippen molar-refractivity contribution < 1.29 is 19.1 Å². The van der Waals surface area contributed by atoms with Crippen molar-refractivity contribution in [1.29, 1.82) is 0 Å². The lowest BCUT2D eigenvalue weighted by atomic mass is 9.89. The van der Waals surface area contributed by atoms with Gasteiger partial charge in [-0.2, -0.15) is 4.37 Å². The number of likely N-dealkylation sites (tertiary alicyclic amines) is 1. The molecular weight excluding hydrogens is 307 g/mol. The lowest BCUT2D eigenvalue weighted by Gasteiger charge is -2.21. The number of rotatable bonds is 4. The molecule has 0 aliphatic carbocycles. The minimum Gasteiger partial charge on any atom is -0.481 e. The minimum absolute atomic E-state index is 0.0697. The van der Waals surface area contributed by atoms with Gasteiger partial charge in [-0.15, -0.1) is 0 Å². The summed E-state index contributed by atoms with van der Waals surface area (Å²) in [5, 5.41) is 10.1. The van der Waals surface area contributed by atoms with Crippen LogP contribution in [0.15, 0.2) is 24.3 Å². The van der Waals surface area contributed by atoms with Crippen LogP contribution in [0, 0.1) is 5.41 Å². The topological polar surface area (TPSA) is 70.5 Å². The number of carbonyl (C=O) groups excluding carboxylic acids is 1. The van der Waals surface area contributed by atoms with Gasteiger partial charge in [-0.1, -0.05) is 18.2 Å². The van der Waals surface area contributed by atoms with E-state index in [0.717, 1.165) is 10.1 Å². The maximum atomic E-state index is 13.1. The second kappa shape index (κ2) is 5.64. The van der Waals surface area contributed by atoms with E-state index in [2.05, 4.69) is 4.37 Å².